The zero-order valence-electron chi connectivity index (χ0n) is 17.6. The quantitative estimate of drug-likeness (QED) is 0.394. The summed E-state index contributed by atoms with van der Waals surface area (Å²) in [5.74, 6) is 0.264. The van der Waals surface area contributed by atoms with Gasteiger partial charge in [0.1, 0.15) is 0 Å². The van der Waals surface area contributed by atoms with Crippen molar-refractivity contribution in [3.05, 3.63) is 81.9 Å². The maximum absolute atomic E-state index is 13.5. The number of hydrogen-bond acceptors (Lipinski definition) is 5. The highest BCUT2D eigenvalue weighted by molar-refractivity contribution is 14.1. The number of amides is 1. The van der Waals surface area contributed by atoms with Gasteiger partial charge in [0.25, 0.3) is 0 Å². The molecule has 7 nitrogen and oxygen atoms in total. The molecule has 168 valence electrons. The van der Waals surface area contributed by atoms with Gasteiger partial charge in [-0.25, -0.2) is 8.42 Å². The molecule has 0 fully saturated rings. The number of nitrogens with zero attached hydrogens (tertiary/aromatic N) is 1. The minimum Gasteiger partial charge on any atom is -0.493 e. The molecule has 0 atom stereocenters. The highest BCUT2D eigenvalue weighted by atomic mass is 127. The van der Waals surface area contributed by atoms with E-state index in [1.807, 2.05) is 42.5 Å². The number of sulfonamides is 1. The fraction of sp³-hybridized carbons (Fsp3) is 0.174. The number of anilines is 1. The van der Waals surface area contributed by atoms with Gasteiger partial charge >= 0.3 is 0 Å². The van der Waals surface area contributed by atoms with E-state index in [0.717, 1.165) is 13.4 Å². The number of carbonyl (C=O) groups is 1. The van der Waals surface area contributed by atoms with E-state index in [-0.39, 0.29) is 23.7 Å². The van der Waals surface area contributed by atoms with E-state index in [1.165, 1.54) is 32.4 Å². The highest BCUT2D eigenvalue weighted by Gasteiger charge is 2.28. The van der Waals surface area contributed by atoms with Gasteiger partial charge in [-0.3, -0.25) is 4.79 Å². The highest BCUT2D eigenvalue weighted by Crippen LogP contribution is 2.31. The lowest BCUT2D eigenvalue weighted by molar-refractivity contribution is -0.116. The zero-order chi connectivity index (χ0) is 23.1. The van der Waals surface area contributed by atoms with Crippen LogP contribution in [0.2, 0.25) is 0 Å². The van der Waals surface area contributed by atoms with E-state index in [1.54, 1.807) is 12.1 Å². The van der Waals surface area contributed by atoms with Crippen molar-refractivity contribution in [1.29, 1.82) is 0 Å². The Labute approximate surface area is 201 Å². The normalized spacial score (nSPS) is 11.2. The maximum Gasteiger partial charge on any atom is 0.243 e. The van der Waals surface area contributed by atoms with Crippen molar-refractivity contribution >= 4 is 44.2 Å². The summed E-state index contributed by atoms with van der Waals surface area (Å²) in [6, 6.07) is 20.7. The van der Waals surface area contributed by atoms with Crippen LogP contribution in [0.5, 0.6) is 11.5 Å². The number of halogens is 1. The standard InChI is InChI=1S/C23H23IN2O5S/c1-30-21-13-12-20(14-22(21)31-2)32(28,29)26(15-17-6-4-3-5-7-17)16-23(27)25-19-10-8-18(24)9-11-19/h3-14H,15-16H2,1-2H3,(H,25,27). The largest absolute Gasteiger partial charge is 0.493 e. The van der Waals surface area contributed by atoms with Crippen molar-refractivity contribution in [2.24, 2.45) is 0 Å². The molecule has 0 aliphatic heterocycles. The second-order valence-corrected chi connectivity index (χ2v) is 10.0. The minimum absolute atomic E-state index is 0.00754. The topological polar surface area (TPSA) is 84.9 Å². The Morgan fingerprint density at radius 3 is 2.22 bits per heavy atom. The minimum atomic E-state index is -4.02. The van der Waals surface area contributed by atoms with Crippen molar-refractivity contribution in [3.63, 3.8) is 0 Å². The second-order valence-electron chi connectivity index (χ2n) is 6.83. The van der Waals surface area contributed by atoms with Crippen LogP contribution < -0.4 is 14.8 Å². The number of rotatable bonds is 9. The van der Waals surface area contributed by atoms with Gasteiger partial charge in [0, 0.05) is 21.9 Å². The summed E-state index contributed by atoms with van der Waals surface area (Å²) < 4.78 is 39.6. The summed E-state index contributed by atoms with van der Waals surface area (Å²) in [5, 5.41) is 2.76. The average Bonchev–Trinajstić information content (AvgIpc) is 2.80. The summed E-state index contributed by atoms with van der Waals surface area (Å²) in [6.45, 7) is -0.310. The molecule has 0 bridgehead atoms. The van der Waals surface area contributed by atoms with Crippen LogP contribution in [0, 0.1) is 3.57 Å². The lowest BCUT2D eigenvalue weighted by Crippen LogP contribution is -2.37. The van der Waals surface area contributed by atoms with Gasteiger partial charge in [0.05, 0.1) is 25.7 Å². The molecule has 0 saturated heterocycles. The SMILES string of the molecule is COc1ccc(S(=O)(=O)N(CC(=O)Nc2ccc(I)cc2)Cc2ccccc2)cc1OC. The number of nitrogens with one attached hydrogen (secondary N) is 1. The van der Waals surface area contributed by atoms with E-state index >= 15 is 0 Å². The third kappa shape index (κ3) is 5.99. The third-order valence-corrected chi connectivity index (χ3v) is 7.15. The predicted octanol–water partition coefficient (Wildman–Crippen LogP) is 4.14. The Bertz CT molecular complexity index is 1170. The summed E-state index contributed by atoms with van der Waals surface area (Å²) in [5.41, 5.74) is 1.36. The van der Waals surface area contributed by atoms with Crippen LogP contribution in [0.4, 0.5) is 5.69 Å². The third-order valence-electron chi connectivity index (χ3n) is 4.64. The number of benzene rings is 3. The molecular formula is C23H23IN2O5S. The van der Waals surface area contributed by atoms with Gasteiger partial charge in [0.15, 0.2) is 11.5 Å². The van der Waals surface area contributed by atoms with Crippen LogP contribution in [0.1, 0.15) is 5.56 Å². The molecule has 1 N–H and O–H groups in total. The maximum atomic E-state index is 13.5. The molecule has 0 unspecified atom stereocenters. The van der Waals surface area contributed by atoms with Crippen LogP contribution in [0.15, 0.2) is 77.7 Å². The second kappa shape index (κ2) is 10.8. The van der Waals surface area contributed by atoms with E-state index in [4.69, 9.17) is 9.47 Å². The van der Waals surface area contributed by atoms with E-state index in [2.05, 4.69) is 27.9 Å². The lowest BCUT2D eigenvalue weighted by atomic mass is 10.2. The van der Waals surface area contributed by atoms with Crippen LogP contribution >= 0.6 is 22.6 Å². The lowest BCUT2D eigenvalue weighted by Gasteiger charge is -2.22. The van der Waals surface area contributed by atoms with Gasteiger partial charge in [-0.15, -0.1) is 0 Å². The fourth-order valence-corrected chi connectivity index (χ4v) is 4.79. The summed E-state index contributed by atoms with van der Waals surface area (Å²) in [4.78, 5) is 12.7. The number of hydrogen-bond donors (Lipinski definition) is 1. The Hall–Kier alpha value is -2.63. The summed E-state index contributed by atoms with van der Waals surface area (Å²) in [7, 11) is -1.11. The van der Waals surface area contributed by atoms with Crippen LogP contribution in [-0.4, -0.2) is 39.4 Å². The van der Waals surface area contributed by atoms with Crippen LogP contribution in [0.3, 0.4) is 0 Å². The molecule has 3 aromatic rings. The number of ether oxygens (including phenoxy) is 2. The first-order valence-corrected chi connectivity index (χ1v) is 12.2. The number of methoxy groups -OCH3 is 2. The van der Waals surface area contributed by atoms with Gasteiger partial charge in [-0.2, -0.15) is 4.31 Å². The molecular weight excluding hydrogens is 543 g/mol. The molecule has 1 amide bonds. The van der Waals surface area contributed by atoms with Crippen molar-refractivity contribution in [1.82, 2.24) is 4.31 Å². The molecule has 0 aliphatic rings. The first kappa shape index (κ1) is 24.0. The molecule has 3 rings (SSSR count). The molecule has 0 spiro atoms. The van der Waals surface area contributed by atoms with Crippen molar-refractivity contribution in [2.45, 2.75) is 11.4 Å². The van der Waals surface area contributed by atoms with Gasteiger partial charge < -0.3 is 14.8 Å². The Balaban J connectivity index is 1.90. The summed E-state index contributed by atoms with van der Waals surface area (Å²) >= 11 is 2.17. The number of carbonyl (C=O) groups excluding carboxylic acids is 1. The van der Waals surface area contributed by atoms with Gasteiger partial charge in [-0.1, -0.05) is 30.3 Å². The first-order chi connectivity index (χ1) is 15.3. The van der Waals surface area contributed by atoms with Crippen molar-refractivity contribution in [2.75, 3.05) is 26.1 Å². The van der Waals surface area contributed by atoms with E-state index in [0.29, 0.717) is 11.4 Å². The van der Waals surface area contributed by atoms with Gasteiger partial charge in [0.2, 0.25) is 15.9 Å². The molecule has 32 heavy (non-hydrogen) atoms. The summed E-state index contributed by atoms with van der Waals surface area (Å²) in [6.07, 6.45) is 0. The fourth-order valence-electron chi connectivity index (χ4n) is 3.03. The zero-order valence-corrected chi connectivity index (χ0v) is 20.6. The van der Waals surface area contributed by atoms with Crippen molar-refractivity contribution in [3.8, 4) is 11.5 Å². The average molecular weight is 566 g/mol. The smallest absolute Gasteiger partial charge is 0.243 e. The molecule has 9 heteroatoms. The predicted molar refractivity (Wildman–Crippen MR) is 131 cm³/mol. The first-order valence-electron chi connectivity index (χ1n) is 9.65. The van der Waals surface area contributed by atoms with Crippen molar-refractivity contribution < 1.29 is 22.7 Å². The molecule has 0 saturated carbocycles. The van der Waals surface area contributed by atoms with Crippen LogP contribution in [0.25, 0.3) is 0 Å². The molecule has 0 heterocycles. The molecule has 0 aromatic heterocycles. The molecule has 0 aliphatic carbocycles. The van der Waals surface area contributed by atoms with E-state index < -0.39 is 15.9 Å². The van der Waals surface area contributed by atoms with Crippen LogP contribution in [-0.2, 0) is 21.4 Å². The molecule has 3 aromatic carbocycles. The Morgan fingerprint density at radius 1 is 0.938 bits per heavy atom. The molecule has 0 radical (unpaired) electrons. The Morgan fingerprint density at radius 2 is 1.59 bits per heavy atom. The van der Waals surface area contributed by atoms with E-state index in [9.17, 15) is 13.2 Å². The monoisotopic (exact) mass is 566 g/mol. The van der Waals surface area contributed by atoms with Gasteiger partial charge in [-0.05, 0) is 64.6 Å². The Kier molecular flexibility index (Phi) is 8.10.